The number of hydrogen-bond donors (Lipinski definition) is 1. The van der Waals surface area contributed by atoms with Gasteiger partial charge < -0.3 is 5.32 Å². The molecule has 0 aromatic heterocycles. The molecule has 0 atom stereocenters. The molecule has 0 unspecified atom stereocenters. The van der Waals surface area contributed by atoms with Crippen LogP contribution in [0.15, 0.2) is 48.5 Å². The van der Waals surface area contributed by atoms with Gasteiger partial charge in [-0.05, 0) is 28.8 Å². The van der Waals surface area contributed by atoms with Crippen LogP contribution in [0.25, 0.3) is 11.1 Å². The van der Waals surface area contributed by atoms with Crippen molar-refractivity contribution < 1.29 is 9.18 Å². The summed E-state index contributed by atoms with van der Waals surface area (Å²) in [5, 5.41) is 2.74. The van der Waals surface area contributed by atoms with Crippen LogP contribution in [0.4, 0.5) is 4.39 Å². The summed E-state index contributed by atoms with van der Waals surface area (Å²) in [4.78, 5) is 10.8. The number of rotatable bonds is 3. The smallest absolute Gasteiger partial charge is 0.217 e. The van der Waals surface area contributed by atoms with Gasteiger partial charge in [0.1, 0.15) is 5.82 Å². The van der Waals surface area contributed by atoms with Gasteiger partial charge in [0.15, 0.2) is 0 Å². The van der Waals surface area contributed by atoms with Crippen LogP contribution >= 0.6 is 0 Å². The Labute approximate surface area is 105 Å². The molecule has 1 amide bonds. The molecule has 2 rings (SSSR count). The molecule has 92 valence electrons. The molecule has 3 heteroatoms. The van der Waals surface area contributed by atoms with Crippen molar-refractivity contribution in [3.8, 4) is 11.1 Å². The van der Waals surface area contributed by atoms with E-state index in [1.165, 1.54) is 19.1 Å². The fourth-order valence-electron chi connectivity index (χ4n) is 1.68. The third-order valence-electron chi connectivity index (χ3n) is 2.67. The van der Waals surface area contributed by atoms with Gasteiger partial charge in [0.25, 0.3) is 0 Å². The molecule has 2 nitrogen and oxygen atoms in total. The molecular weight excluding hydrogens is 229 g/mol. The molecule has 0 bridgehead atoms. The first kappa shape index (κ1) is 12.3. The van der Waals surface area contributed by atoms with Gasteiger partial charge in [0, 0.05) is 13.5 Å². The number of amides is 1. The molecule has 0 fully saturated rings. The number of halogens is 1. The van der Waals surface area contributed by atoms with E-state index in [-0.39, 0.29) is 11.7 Å². The van der Waals surface area contributed by atoms with E-state index in [9.17, 15) is 9.18 Å². The highest BCUT2D eigenvalue weighted by molar-refractivity contribution is 5.72. The summed E-state index contributed by atoms with van der Waals surface area (Å²) in [6.45, 7) is 2.02. The van der Waals surface area contributed by atoms with Crippen molar-refractivity contribution in [2.24, 2.45) is 0 Å². The second-order valence-electron chi connectivity index (χ2n) is 4.11. The maximum atomic E-state index is 12.8. The number of benzene rings is 2. The van der Waals surface area contributed by atoms with E-state index in [1.807, 2.05) is 24.3 Å². The standard InChI is InChI=1S/C15H14FNO/c1-11(18)17-10-12-2-4-13(5-3-12)14-6-8-15(16)9-7-14/h2-9H,10H2,1H3,(H,17,18). The van der Waals surface area contributed by atoms with E-state index in [0.29, 0.717) is 6.54 Å². The lowest BCUT2D eigenvalue weighted by molar-refractivity contribution is -0.119. The molecule has 0 saturated heterocycles. The van der Waals surface area contributed by atoms with Crippen LogP contribution in [0.3, 0.4) is 0 Å². The molecule has 18 heavy (non-hydrogen) atoms. The van der Waals surface area contributed by atoms with Crippen molar-refractivity contribution in [3.05, 3.63) is 59.9 Å². The Morgan fingerprint density at radius 2 is 1.50 bits per heavy atom. The van der Waals surface area contributed by atoms with Crippen LogP contribution in [-0.4, -0.2) is 5.91 Å². The minimum Gasteiger partial charge on any atom is -0.352 e. The van der Waals surface area contributed by atoms with E-state index in [0.717, 1.165) is 16.7 Å². The summed E-state index contributed by atoms with van der Waals surface area (Å²) in [6.07, 6.45) is 0. The Hall–Kier alpha value is -2.16. The fraction of sp³-hybridized carbons (Fsp3) is 0.133. The summed E-state index contributed by atoms with van der Waals surface area (Å²) in [5.74, 6) is -0.279. The average molecular weight is 243 g/mol. The fourth-order valence-corrected chi connectivity index (χ4v) is 1.68. The number of carbonyl (C=O) groups excluding carboxylic acids is 1. The number of carbonyl (C=O) groups is 1. The van der Waals surface area contributed by atoms with Crippen LogP contribution < -0.4 is 5.32 Å². The zero-order valence-corrected chi connectivity index (χ0v) is 10.1. The lowest BCUT2D eigenvalue weighted by Gasteiger charge is -2.05. The van der Waals surface area contributed by atoms with Gasteiger partial charge in [0.2, 0.25) is 5.91 Å². The Morgan fingerprint density at radius 1 is 1.00 bits per heavy atom. The molecule has 0 aliphatic rings. The molecular formula is C15H14FNO. The number of hydrogen-bond acceptors (Lipinski definition) is 1. The Kier molecular flexibility index (Phi) is 3.72. The Balaban J connectivity index is 2.12. The molecule has 0 heterocycles. The second kappa shape index (κ2) is 5.45. The quantitative estimate of drug-likeness (QED) is 0.881. The zero-order chi connectivity index (χ0) is 13.0. The predicted molar refractivity (Wildman–Crippen MR) is 69.4 cm³/mol. The van der Waals surface area contributed by atoms with Gasteiger partial charge >= 0.3 is 0 Å². The van der Waals surface area contributed by atoms with Crippen molar-refractivity contribution in [3.63, 3.8) is 0 Å². The highest BCUT2D eigenvalue weighted by atomic mass is 19.1. The topological polar surface area (TPSA) is 29.1 Å². The van der Waals surface area contributed by atoms with Crippen molar-refractivity contribution >= 4 is 5.91 Å². The second-order valence-corrected chi connectivity index (χ2v) is 4.11. The van der Waals surface area contributed by atoms with Crippen molar-refractivity contribution in [2.75, 3.05) is 0 Å². The van der Waals surface area contributed by atoms with Crippen LogP contribution in [0.2, 0.25) is 0 Å². The van der Waals surface area contributed by atoms with Crippen molar-refractivity contribution in [1.82, 2.24) is 5.32 Å². The van der Waals surface area contributed by atoms with Crippen molar-refractivity contribution in [1.29, 1.82) is 0 Å². The third-order valence-corrected chi connectivity index (χ3v) is 2.67. The van der Waals surface area contributed by atoms with Crippen LogP contribution in [0, 0.1) is 5.82 Å². The predicted octanol–water partition coefficient (Wildman–Crippen LogP) is 3.13. The normalized spacial score (nSPS) is 10.1. The summed E-state index contributed by atoms with van der Waals surface area (Å²) in [6, 6.07) is 14.2. The minimum atomic E-state index is -0.235. The monoisotopic (exact) mass is 243 g/mol. The van der Waals surface area contributed by atoms with E-state index in [4.69, 9.17) is 0 Å². The molecule has 2 aromatic rings. The molecule has 1 N–H and O–H groups in total. The first-order chi connectivity index (χ1) is 8.65. The first-order valence-electron chi connectivity index (χ1n) is 5.74. The lowest BCUT2D eigenvalue weighted by Crippen LogP contribution is -2.18. The molecule has 0 aliphatic carbocycles. The molecule has 2 aromatic carbocycles. The third kappa shape index (κ3) is 3.17. The maximum absolute atomic E-state index is 12.8. The minimum absolute atomic E-state index is 0.0439. The summed E-state index contributed by atoms with van der Waals surface area (Å²) >= 11 is 0. The Bertz CT molecular complexity index is 531. The summed E-state index contributed by atoms with van der Waals surface area (Å²) < 4.78 is 12.8. The average Bonchev–Trinajstić information content (AvgIpc) is 2.38. The van der Waals surface area contributed by atoms with Crippen LogP contribution in [0.5, 0.6) is 0 Å². The first-order valence-corrected chi connectivity index (χ1v) is 5.74. The van der Waals surface area contributed by atoms with Gasteiger partial charge in [-0.25, -0.2) is 4.39 Å². The highest BCUT2D eigenvalue weighted by Gasteiger charge is 1.99. The molecule has 0 aliphatic heterocycles. The van der Waals surface area contributed by atoms with Crippen molar-refractivity contribution in [2.45, 2.75) is 13.5 Å². The molecule has 0 radical (unpaired) electrons. The maximum Gasteiger partial charge on any atom is 0.217 e. The zero-order valence-electron chi connectivity index (χ0n) is 10.1. The summed E-state index contributed by atoms with van der Waals surface area (Å²) in [5.41, 5.74) is 3.04. The Morgan fingerprint density at radius 3 is 2.00 bits per heavy atom. The van der Waals surface area contributed by atoms with Crippen LogP contribution in [-0.2, 0) is 11.3 Å². The molecule has 0 spiro atoms. The van der Waals surface area contributed by atoms with E-state index in [1.54, 1.807) is 12.1 Å². The lowest BCUT2D eigenvalue weighted by atomic mass is 10.0. The SMILES string of the molecule is CC(=O)NCc1ccc(-c2ccc(F)cc2)cc1. The van der Waals surface area contributed by atoms with Gasteiger partial charge in [-0.15, -0.1) is 0 Å². The van der Waals surface area contributed by atoms with Gasteiger partial charge in [-0.2, -0.15) is 0 Å². The largest absolute Gasteiger partial charge is 0.352 e. The van der Waals surface area contributed by atoms with Crippen LogP contribution in [0.1, 0.15) is 12.5 Å². The van der Waals surface area contributed by atoms with Gasteiger partial charge in [-0.1, -0.05) is 36.4 Å². The van der Waals surface area contributed by atoms with E-state index in [2.05, 4.69) is 5.32 Å². The van der Waals surface area contributed by atoms with E-state index < -0.39 is 0 Å². The highest BCUT2D eigenvalue weighted by Crippen LogP contribution is 2.20. The molecule has 0 saturated carbocycles. The number of nitrogens with one attached hydrogen (secondary N) is 1. The van der Waals surface area contributed by atoms with Gasteiger partial charge in [-0.3, -0.25) is 4.79 Å². The van der Waals surface area contributed by atoms with Gasteiger partial charge in [0.05, 0.1) is 0 Å². The van der Waals surface area contributed by atoms with E-state index >= 15 is 0 Å². The summed E-state index contributed by atoms with van der Waals surface area (Å²) in [7, 11) is 0.